The van der Waals surface area contributed by atoms with Crippen LogP contribution in [-0.2, 0) is 7.05 Å². The molecule has 2 heterocycles. The van der Waals surface area contributed by atoms with Gasteiger partial charge in [-0.05, 0) is 32.5 Å². The monoisotopic (exact) mass is 195 g/mol. The van der Waals surface area contributed by atoms with Crippen LogP contribution in [0.1, 0.15) is 38.4 Å². The second-order valence-corrected chi connectivity index (χ2v) is 3.52. The fourth-order valence-electron chi connectivity index (χ4n) is 1.99. The van der Waals surface area contributed by atoms with E-state index < -0.39 is 0 Å². The Kier molecular flexibility index (Phi) is 4.14. The third kappa shape index (κ3) is 2.15. The minimum Gasteiger partial charge on any atom is -0.298 e. The van der Waals surface area contributed by atoms with Crippen molar-refractivity contribution >= 4 is 0 Å². The summed E-state index contributed by atoms with van der Waals surface area (Å²) in [6.45, 7) is 5.22. The molecule has 1 unspecified atom stereocenters. The highest BCUT2D eigenvalue weighted by Crippen LogP contribution is 2.29. The Morgan fingerprint density at radius 2 is 2.07 bits per heavy atom. The predicted octanol–water partition coefficient (Wildman–Crippen LogP) is 2.21. The van der Waals surface area contributed by atoms with Crippen LogP contribution in [0.25, 0.3) is 0 Å². The third-order valence-corrected chi connectivity index (χ3v) is 2.72. The van der Waals surface area contributed by atoms with Crippen LogP contribution in [0.2, 0.25) is 0 Å². The zero-order valence-corrected chi connectivity index (χ0v) is 9.70. The van der Waals surface area contributed by atoms with Crippen molar-refractivity contribution in [3.8, 4) is 0 Å². The molecule has 0 bridgehead atoms. The van der Waals surface area contributed by atoms with E-state index in [2.05, 4.69) is 23.1 Å². The van der Waals surface area contributed by atoms with E-state index >= 15 is 0 Å². The van der Waals surface area contributed by atoms with E-state index in [1.165, 1.54) is 25.1 Å². The van der Waals surface area contributed by atoms with Gasteiger partial charge in [0.2, 0.25) is 0 Å². The standard InChI is InChI=1S/C9H15N3.C2H6/c1-11-7-3-4-8(11)9-5-6-10-12(9)2;1-2/h5-6,8H,3-4,7H2,1-2H3;1-2H3. The van der Waals surface area contributed by atoms with Gasteiger partial charge in [-0.15, -0.1) is 0 Å². The highest BCUT2D eigenvalue weighted by molar-refractivity contribution is 5.08. The van der Waals surface area contributed by atoms with E-state index in [4.69, 9.17) is 0 Å². The Balaban J connectivity index is 0.000000461. The number of aryl methyl sites for hydroxylation is 1. The lowest BCUT2D eigenvalue weighted by Crippen LogP contribution is -2.19. The number of rotatable bonds is 1. The van der Waals surface area contributed by atoms with Gasteiger partial charge in [0.15, 0.2) is 0 Å². The lowest BCUT2D eigenvalue weighted by Gasteiger charge is -2.19. The molecule has 1 aromatic rings. The van der Waals surface area contributed by atoms with Gasteiger partial charge in [0.25, 0.3) is 0 Å². The minimum absolute atomic E-state index is 0.595. The first-order chi connectivity index (χ1) is 6.79. The van der Waals surface area contributed by atoms with Crippen molar-refractivity contribution in [2.24, 2.45) is 7.05 Å². The smallest absolute Gasteiger partial charge is 0.0552 e. The molecular weight excluding hydrogens is 174 g/mol. The molecule has 1 fully saturated rings. The number of aromatic nitrogens is 2. The summed E-state index contributed by atoms with van der Waals surface area (Å²) in [5.74, 6) is 0. The number of hydrogen-bond donors (Lipinski definition) is 0. The molecule has 1 aromatic heterocycles. The summed E-state index contributed by atoms with van der Waals surface area (Å²) in [6.07, 6.45) is 4.46. The topological polar surface area (TPSA) is 21.1 Å². The average molecular weight is 195 g/mol. The molecule has 1 aliphatic rings. The fourth-order valence-corrected chi connectivity index (χ4v) is 1.99. The fraction of sp³-hybridized carbons (Fsp3) is 0.727. The van der Waals surface area contributed by atoms with Crippen LogP contribution in [0, 0.1) is 0 Å². The average Bonchev–Trinajstić information content (AvgIpc) is 2.78. The predicted molar refractivity (Wildman–Crippen MR) is 59.2 cm³/mol. The molecule has 1 saturated heterocycles. The van der Waals surface area contributed by atoms with Gasteiger partial charge >= 0.3 is 0 Å². The van der Waals surface area contributed by atoms with Crippen LogP contribution in [0.4, 0.5) is 0 Å². The van der Waals surface area contributed by atoms with E-state index in [0.29, 0.717) is 6.04 Å². The first-order valence-electron chi connectivity index (χ1n) is 5.47. The molecule has 0 N–H and O–H groups in total. The van der Waals surface area contributed by atoms with Crippen LogP contribution in [-0.4, -0.2) is 28.3 Å². The minimum atomic E-state index is 0.595. The van der Waals surface area contributed by atoms with Gasteiger partial charge in [-0.2, -0.15) is 5.10 Å². The van der Waals surface area contributed by atoms with Crippen LogP contribution < -0.4 is 0 Å². The highest BCUT2D eigenvalue weighted by Gasteiger charge is 2.24. The van der Waals surface area contributed by atoms with Crippen LogP contribution in [0.3, 0.4) is 0 Å². The van der Waals surface area contributed by atoms with E-state index in [0.717, 1.165) is 0 Å². The second kappa shape index (κ2) is 5.15. The number of hydrogen-bond acceptors (Lipinski definition) is 2. The Bertz CT molecular complexity index is 267. The van der Waals surface area contributed by atoms with Crippen LogP contribution in [0.15, 0.2) is 12.3 Å². The molecule has 0 spiro atoms. The van der Waals surface area contributed by atoms with Crippen LogP contribution in [0.5, 0.6) is 0 Å². The van der Waals surface area contributed by atoms with Crippen molar-refractivity contribution < 1.29 is 0 Å². The first-order valence-corrected chi connectivity index (χ1v) is 5.47. The lowest BCUT2D eigenvalue weighted by molar-refractivity contribution is 0.304. The summed E-state index contributed by atoms with van der Waals surface area (Å²) in [7, 11) is 4.20. The van der Waals surface area contributed by atoms with Gasteiger partial charge in [-0.1, -0.05) is 13.8 Å². The summed E-state index contributed by atoms with van der Waals surface area (Å²) in [6, 6.07) is 2.71. The molecule has 0 saturated carbocycles. The largest absolute Gasteiger partial charge is 0.298 e. The summed E-state index contributed by atoms with van der Waals surface area (Å²) < 4.78 is 1.98. The second-order valence-electron chi connectivity index (χ2n) is 3.52. The molecule has 3 heteroatoms. The van der Waals surface area contributed by atoms with Gasteiger partial charge in [-0.3, -0.25) is 9.58 Å². The van der Waals surface area contributed by atoms with E-state index in [-0.39, 0.29) is 0 Å². The molecule has 2 rings (SSSR count). The number of nitrogens with zero attached hydrogens (tertiary/aromatic N) is 3. The molecule has 14 heavy (non-hydrogen) atoms. The van der Waals surface area contributed by atoms with Crippen molar-refractivity contribution in [3.63, 3.8) is 0 Å². The molecular formula is C11H21N3. The summed E-state index contributed by atoms with van der Waals surface area (Å²) in [5, 5.41) is 4.19. The quantitative estimate of drug-likeness (QED) is 0.685. The Morgan fingerprint density at radius 3 is 2.50 bits per heavy atom. The van der Waals surface area contributed by atoms with E-state index in [9.17, 15) is 0 Å². The maximum Gasteiger partial charge on any atom is 0.0552 e. The molecule has 0 aromatic carbocycles. The van der Waals surface area contributed by atoms with Crippen molar-refractivity contribution in [1.82, 2.24) is 14.7 Å². The van der Waals surface area contributed by atoms with E-state index in [1.54, 1.807) is 0 Å². The molecule has 0 amide bonds. The normalized spacial score (nSPS) is 21.9. The molecule has 80 valence electrons. The van der Waals surface area contributed by atoms with Crippen LogP contribution >= 0.6 is 0 Å². The Labute approximate surface area is 86.7 Å². The third-order valence-electron chi connectivity index (χ3n) is 2.72. The first kappa shape index (κ1) is 11.2. The molecule has 0 radical (unpaired) electrons. The van der Waals surface area contributed by atoms with Crippen molar-refractivity contribution in [2.75, 3.05) is 13.6 Å². The Hall–Kier alpha value is -0.830. The maximum atomic E-state index is 4.19. The van der Waals surface area contributed by atoms with E-state index in [1.807, 2.05) is 31.8 Å². The highest BCUT2D eigenvalue weighted by atomic mass is 15.3. The molecule has 3 nitrogen and oxygen atoms in total. The molecule has 1 atom stereocenters. The maximum absolute atomic E-state index is 4.19. The van der Waals surface area contributed by atoms with Gasteiger partial charge in [0.1, 0.15) is 0 Å². The summed E-state index contributed by atoms with van der Waals surface area (Å²) in [4.78, 5) is 2.40. The van der Waals surface area contributed by atoms with Gasteiger partial charge in [0, 0.05) is 13.2 Å². The van der Waals surface area contributed by atoms with Crippen molar-refractivity contribution in [1.29, 1.82) is 0 Å². The zero-order chi connectivity index (χ0) is 10.6. The lowest BCUT2D eigenvalue weighted by atomic mass is 10.1. The van der Waals surface area contributed by atoms with Gasteiger partial charge in [0.05, 0.1) is 11.7 Å². The molecule has 1 aliphatic heterocycles. The summed E-state index contributed by atoms with van der Waals surface area (Å²) >= 11 is 0. The van der Waals surface area contributed by atoms with Crippen molar-refractivity contribution in [3.05, 3.63) is 18.0 Å². The van der Waals surface area contributed by atoms with Crippen molar-refractivity contribution in [2.45, 2.75) is 32.7 Å². The summed E-state index contributed by atoms with van der Waals surface area (Å²) in [5.41, 5.74) is 1.34. The SMILES string of the molecule is CC.CN1CCCC1c1ccnn1C. The van der Waals surface area contributed by atoms with Gasteiger partial charge in [-0.25, -0.2) is 0 Å². The Morgan fingerprint density at radius 1 is 1.36 bits per heavy atom. The molecule has 0 aliphatic carbocycles. The number of likely N-dealkylation sites (tertiary alicyclic amines) is 1. The zero-order valence-electron chi connectivity index (χ0n) is 9.70. The van der Waals surface area contributed by atoms with Gasteiger partial charge < -0.3 is 0 Å².